The largest absolute Gasteiger partial charge is 0.459 e. The van der Waals surface area contributed by atoms with E-state index in [1.165, 1.54) is 10.4 Å². The fourth-order valence-electron chi connectivity index (χ4n) is 3.51. The molecule has 0 saturated heterocycles. The molecule has 0 spiro atoms. The van der Waals surface area contributed by atoms with Crippen LogP contribution in [0, 0.1) is 0 Å². The molecular formula is C22H24BrN5O2S. The molecular weight excluding hydrogens is 478 g/mol. The zero-order valence-electron chi connectivity index (χ0n) is 17.7. The Bertz CT molecular complexity index is 1140. The molecule has 0 unspecified atom stereocenters. The summed E-state index contributed by atoms with van der Waals surface area (Å²) >= 11 is 5.11. The molecule has 0 radical (unpaired) electrons. The minimum Gasteiger partial charge on any atom is -0.459 e. The fraction of sp³-hybridized carbons (Fsp3) is 0.364. The van der Waals surface area contributed by atoms with Crippen molar-refractivity contribution in [2.24, 2.45) is 5.10 Å². The molecule has 0 aliphatic carbocycles. The third-order valence-corrected chi connectivity index (χ3v) is 6.34. The van der Waals surface area contributed by atoms with Gasteiger partial charge in [-0.1, -0.05) is 28.1 Å². The van der Waals surface area contributed by atoms with Gasteiger partial charge in [0.05, 0.1) is 18.1 Å². The van der Waals surface area contributed by atoms with Crippen molar-refractivity contribution in [3.05, 3.63) is 51.1 Å². The van der Waals surface area contributed by atoms with Gasteiger partial charge in [0.15, 0.2) is 5.82 Å². The van der Waals surface area contributed by atoms with Gasteiger partial charge >= 0.3 is 5.97 Å². The van der Waals surface area contributed by atoms with Crippen LogP contribution in [0.15, 0.2) is 40.2 Å². The Morgan fingerprint density at radius 2 is 2.23 bits per heavy atom. The number of carbonyl (C=O) groups is 1. The number of hydrazone groups is 1. The van der Waals surface area contributed by atoms with Gasteiger partial charge in [-0.25, -0.2) is 9.97 Å². The van der Waals surface area contributed by atoms with E-state index in [2.05, 4.69) is 41.3 Å². The molecule has 1 aliphatic rings. The van der Waals surface area contributed by atoms with Crippen LogP contribution in [0.1, 0.15) is 36.8 Å². The topological polar surface area (TPSA) is 79.7 Å². The second kappa shape index (κ2) is 9.02. The summed E-state index contributed by atoms with van der Waals surface area (Å²) in [6, 6.07) is 7.92. The molecule has 2 aromatic heterocycles. The number of hydrogen-bond donors (Lipinski definition) is 1. The van der Waals surface area contributed by atoms with Crippen LogP contribution in [0.3, 0.4) is 0 Å². The molecule has 1 aliphatic heterocycles. The number of rotatable bonds is 5. The lowest BCUT2D eigenvalue weighted by molar-refractivity contribution is -0.156. The highest BCUT2D eigenvalue weighted by Crippen LogP contribution is 2.37. The Kier molecular flexibility index (Phi) is 6.36. The van der Waals surface area contributed by atoms with Gasteiger partial charge in [-0.3, -0.25) is 15.1 Å². The Labute approximate surface area is 193 Å². The van der Waals surface area contributed by atoms with Crippen molar-refractivity contribution in [3.8, 4) is 0 Å². The second-order valence-electron chi connectivity index (χ2n) is 8.38. The Morgan fingerprint density at radius 1 is 1.39 bits per heavy atom. The first-order valence-corrected chi connectivity index (χ1v) is 11.6. The van der Waals surface area contributed by atoms with Crippen molar-refractivity contribution in [1.29, 1.82) is 0 Å². The van der Waals surface area contributed by atoms with Gasteiger partial charge in [0.1, 0.15) is 16.8 Å². The zero-order chi connectivity index (χ0) is 22.0. The van der Waals surface area contributed by atoms with Gasteiger partial charge in [0, 0.05) is 22.4 Å². The number of carbonyl (C=O) groups excluding carboxylic acids is 1. The number of benzene rings is 1. The molecule has 31 heavy (non-hydrogen) atoms. The number of nitrogens with zero attached hydrogens (tertiary/aromatic N) is 4. The van der Waals surface area contributed by atoms with E-state index >= 15 is 0 Å². The average Bonchev–Trinajstić information content (AvgIpc) is 3.05. The highest BCUT2D eigenvalue weighted by atomic mass is 79.9. The molecule has 3 heterocycles. The predicted molar refractivity (Wildman–Crippen MR) is 128 cm³/mol. The number of nitrogens with one attached hydrogen (secondary N) is 1. The first kappa shape index (κ1) is 21.9. The summed E-state index contributed by atoms with van der Waals surface area (Å²) in [7, 11) is 0. The summed E-state index contributed by atoms with van der Waals surface area (Å²) in [5, 5.41) is 5.39. The Morgan fingerprint density at radius 3 is 3.00 bits per heavy atom. The average molecular weight is 502 g/mol. The number of anilines is 1. The molecule has 0 fully saturated rings. The molecule has 1 N–H and O–H groups in total. The van der Waals surface area contributed by atoms with Gasteiger partial charge in [0.2, 0.25) is 0 Å². The highest BCUT2D eigenvalue weighted by Gasteiger charge is 2.26. The zero-order valence-corrected chi connectivity index (χ0v) is 20.1. The summed E-state index contributed by atoms with van der Waals surface area (Å²) in [6.07, 6.45) is 4.15. The lowest BCUT2D eigenvalue weighted by Gasteiger charge is -2.27. The Balaban J connectivity index is 1.50. The van der Waals surface area contributed by atoms with E-state index in [1.54, 1.807) is 23.9 Å². The monoisotopic (exact) mass is 501 g/mol. The van der Waals surface area contributed by atoms with E-state index in [0.29, 0.717) is 18.9 Å². The van der Waals surface area contributed by atoms with Crippen molar-refractivity contribution in [2.75, 3.05) is 18.5 Å². The molecule has 0 amide bonds. The number of fused-ring (bicyclic) bond motifs is 3. The van der Waals surface area contributed by atoms with Crippen LogP contribution in [-0.2, 0) is 22.5 Å². The van der Waals surface area contributed by atoms with Gasteiger partial charge in [-0.15, -0.1) is 11.3 Å². The van der Waals surface area contributed by atoms with Crippen molar-refractivity contribution >= 4 is 55.5 Å². The quantitative estimate of drug-likeness (QED) is 0.312. The van der Waals surface area contributed by atoms with Crippen LogP contribution in [0.25, 0.3) is 10.2 Å². The maximum absolute atomic E-state index is 12.2. The van der Waals surface area contributed by atoms with Crippen LogP contribution >= 0.6 is 27.3 Å². The van der Waals surface area contributed by atoms with E-state index < -0.39 is 5.60 Å². The lowest BCUT2D eigenvalue weighted by Crippen LogP contribution is -2.37. The second-order valence-corrected chi connectivity index (χ2v) is 10.4. The summed E-state index contributed by atoms with van der Waals surface area (Å²) < 4.78 is 6.47. The molecule has 0 bridgehead atoms. The molecule has 1 aromatic carbocycles. The van der Waals surface area contributed by atoms with Gasteiger partial charge in [-0.2, -0.15) is 5.10 Å². The van der Waals surface area contributed by atoms with Crippen LogP contribution in [-0.4, -0.2) is 45.7 Å². The van der Waals surface area contributed by atoms with E-state index in [1.807, 2.05) is 45.0 Å². The van der Waals surface area contributed by atoms with Crippen LogP contribution in [0.5, 0.6) is 0 Å². The molecule has 0 atom stereocenters. The van der Waals surface area contributed by atoms with Gasteiger partial charge < -0.3 is 4.74 Å². The standard InChI is InChI=1S/C22H24BrN5O2S/c1-22(2,3)30-18(29)12-28-8-7-16-17(11-28)31-21-19(16)20(24-13-25-21)27-26-10-14-5-4-6-15(23)9-14/h4-6,9-10,13H,7-8,11-12H2,1-3H3,(H,24,25,27)/b26-10+. The predicted octanol–water partition coefficient (Wildman–Crippen LogP) is 4.60. The highest BCUT2D eigenvalue weighted by molar-refractivity contribution is 9.10. The Hall–Kier alpha value is -2.36. The number of halogens is 1. The fourth-order valence-corrected chi connectivity index (χ4v) is 5.16. The summed E-state index contributed by atoms with van der Waals surface area (Å²) in [5.41, 5.74) is 4.83. The third-order valence-electron chi connectivity index (χ3n) is 4.72. The molecule has 7 nitrogen and oxygen atoms in total. The number of esters is 1. The molecule has 162 valence electrons. The molecule has 3 aromatic rings. The third kappa shape index (κ3) is 5.47. The van der Waals surface area contributed by atoms with Crippen molar-refractivity contribution in [3.63, 3.8) is 0 Å². The van der Waals surface area contributed by atoms with E-state index in [9.17, 15) is 4.79 Å². The number of hydrogen-bond acceptors (Lipinski definition) is 8. The van der Waals surface area contributed by atoms with E-state index in [0.717, 1.165) is 33.2 Å². The van der Waals surface area contributed by atoms with Crippen LogP contribution < -0.4 is 5.43 Å². The normalized spacial score (nSPS) is 14.7. The maximum atomic E-state index is 12.2. The summed E-state index contributed by atoms with van der Waals surface area (Å²) in [4.78, 5) is 25.4. The van der Waals surface area contributed by atoms with Crippen molar-refractivity contribution < 1.29 is 9.53 Å². The van der Waals surface area contributed by atoms with Crippen LogP contribution in [0.2, 0.25) is 0 Å². The van der Waals surface area contributed by atoms with Gasteiger partial charge in [-0.05, 0) is 50.5 Å². The summed E-state index contributed by atoms with van der Waals surface area (Å²) in [5.74, 6) is 0.510. The van der Waals surface area contributed by atoms with E-state index in [4.69, 9.17) is 4.74 Å². The molecule has 9 heteroatoms. The molecule has 0 saturated carbocycles. The van der Waals surface area contributed by atoms with Crippen LogP contribution in [0.4, 0.5) is 5.82 Å². The van der Waals surface area contributed by atoms with Crippen molar-refractivity contribution in [2.45, 2.75) is 39.3 Å². The lowest BCUT2D eigenvalue weighted by atomic mass is 10.1. The van der Waals surface area contributed by atoms with Gasteiger partial charge in [0.25, 0.3) is 0 Å². The van der Waals surface area contributed by atoms with E-state index in [-0.39, 0.29) is 5.97 Å². The maximum Gasteiger partial charge on any atom is 0.320 e. The first-order valence-electron chi connectivity index (χ1n) is 10.0. The number of aromatic nitrogens is 2. The SMILES string of the molecule is CC(C)(C)OC(=O)CN1CCc2c(sc3ncnc(N/N=C/c4cccc(Br)c4)c23)C1. The van der Waals surface area contributed by atoms with Crippen molar-refractivity contribution in [1.82, 2.24) is 14.9 Å². The number of thiophene rings is 1. The molecule has 4 rings (SSSR count). The minimum absolute atomic E-state index is 0.193. The first-order chi connectivity index (χ1) is 14.8. The number of ether oxygens (including phenoxy) is 1. The minimum atomic E-state index is -0.470. The summed E-state index contributed by atoms with van der Waals surface area (Å²) in [6.45, 7) is 7.44. The smallest absolute Gasteiger partial charge is 0.320 e.